The van der Waals surface area contributed by atoms with Gasteiger partial charge in [0.15, 0.2) is 0 Å². The van der Waals surface area contributed by atoms with Crippen LogP contribution in [0.25, 0.3) is 0 Å². The topological polar surface area (TPSA) is 66.8 Å². The van der Waals surface area contributed by atoms with Crippen LogP contribution in [-0.4, -0.2) is 28.4 Å². The third-order valence-corrected chi connectivity index (χ3v) is 5.46. The minimum atomic E-state index is -0.689. The molecule has 1 rings (SSSR count). The van der Waals surface area contributed by atoms with E-state index < -0.39 is 5.97 Å². The van der Waals surface area contributed by atoms with Crippen molar-refractivity contribution in [2.24, 2.45) is 0 Å². The fraction of sp³-hybridized carbons (Fsp3) is 0.720. The van der Waals surface area contributed by atoms with E-state index in [0.717, 1.165) is 64.2 Å². The molecule has 166 valence electrons. The highest BCUT2D eigenvalue weighted by molar-refractivity contribution is 5.66. The Balaban J connectivity index is 2.23. The van der Waals surface area contributed by atoms with Gasteiger partial charge in [-0.25, -0.2) is 0 Å². The lowest BCUT2D eigenvalue weighted by atomic mass is 10.0. The summed E-state index contributed by atoms with van der Waals surface area (Å²) >= 11 is 0. The zero-order chi connectivity index (χ0) is 21.2. The monoisotopic (exact) mass is 406 g/mol. The molecular formula is C25H42O4. The van der Waals surface area contributed by atoms with Crippen molar-refractivity contribution < 1.29 is 19.7 Å². The number of ether oxygens (including phenoxy) is 1. The molecule has 0 aromatic heterocycles. The van der Waals surface area contributed by atoms with E-state index in [2.05, 4.69) is 19.1 Å². The van der Waals surface area contributed by atoms with Gasteiger partial charge in [-0.1, -0.05) is 88.6 Å². The molecule has 0 amide bonds. The molecule has 0 aliphatic rings. The fourth-order valence-electron chi connectivity index (χ4n) is 3.59. The number of aliphatic hydroxyl groups is 1. The van der Waals surface area contributed by atoms with Gasteiger partial charge in [-0.2, -0.15) is 0 Å². The van der Waals surface area contributed by atoms with Crippen LogP contribution >= 0.6 is 0 Å². The van der Waals surface area contributed by atoms with Crippen molar-refractivity contribution in [1.29, 1.82) is 0 Å². The predicted octanol–water partition coefficient (Wildman–Crippen LogP) is 6.50. The van der Waals surface area contributed by atoms with E-state index in [-0.39, 0.29) is 12.2 Å². The lowest BCUT2D eigenvalue weighted by molar-refractivity contribution is -0.137. The van der Waals surface area contributed by atoms with Crippen LogP contribution in [0.2, 0.25) is 0 Å². The number of carboxylic acid groups (broad SMARTS) is 1. The standard InChI is InChI=1S/C25H42O4/c1-2-3-16-23(26)19-20-24(29-21-22-14-10-9-11-15-22)17-12-7-5-4-6-8-13-18-25(27)28/h9-11,14-15,23-24,26H,2-8,12-13,16-21H2,1H3,(H,27,28). The van der Waals surface area contributed by atoms with E-state index in [4.69, 9.17) is 9.84 Å². The molecule has 1 aromatic carbocycles. The van der Waals surface area contributed by atoms with Crippen LogP contribution in [0.3, 0.4) is 0 Å². The molecular weight excluding hydrogens is 364 g/mol. The van der Waals surface area contributed by atoms with Crippen LogP contribution in [-0.2, 0) is 16.1 Å². The van der Waals surface area contributed by atoms with Gasteiger partial charge < -0.3 is 14.9 Å². The van der Waals surface area contributed by atoms with Crippen molar-refractivity contribution in [1.82, 2.24) is 0 Å². The largest absolute Gasteiger partial charge is 0.481 e. The zero-order valence-electron chi connectivity index (χ0n) is 18.4. The van der Waals surface area contributed by atoms with Crippen molar-refractivity contribution in [2.75, 3.05) is 0 Å². The second-order valence-corrected chi connectivity index (χ2v) is 8.20. The van der Waals surface area contributed by atoms with E-state index in [1.165, 1.54) is 24.8 Å². The molecule has 0 aliphatic heterocycles. The fourth-order valence-corrected chi connectivity index (χ4v) is 3.59. The Kier molecular flexibility index (Phi) is 15.4. The van der Waals surface area contributed by atoms with Gasteiger partial charge in [0.2, 0.25) is 0 Å². The molecule has 0 heterocycles. The summed E-state index contributed by atoms with van der Waals surface area (Å²) in [4.78, 5) is 10.5. The molecule has 0 saturated heterocycles. The Morgan fingerprint density at radius 2 is 1.52 bits per heavy atom. The van der Waals surface area contributed by atoms with Crippen LogP contribution in [0.1, 0.15) is 102 Å². The summed E-state index contributed by atoms with van der Waals surface area (Å²) < 4.78 is 6.20. The zero-order valence-corrected chi connectivity index (χ0v) is 18.4. The number of hydrogen-bond acceptors (Lipinski definition) is 3. The number of benzene rings is 1. The molecule has 2 unspecified atom stereocenters. The van der Waals surface area contributed by atoms with Gasteiger partial charge in [-0.05, 0) is 37.7 Å². The Hall–Kier alpha value is -1.39. The lowest BCUT2D eigenvalue weighted by Gasteiger charge is -2.20. The molecule has 0 bridgehead atoms. The summed E-state index contributed by atoms with van der Waals surface area (Å²) in [6.45, 7) is 2.80. The first kappa shape index (κ1) is 25.6. The van der Waals surface area contributed by atoms with Crippen LogP contribution in [0.4, 0.5) is 0 Å². The average Bonchev–Trinajstić information content (AvgIpc) is 2.72. The number of carbonyl (C=O) groups is 1. The average molecular weight is 407 g/mol. The molecule has 2 N–H and O–H groups in total. The highest BCUT2D eigenvalue weighted by Gasteiger charge is 2.13. The molecule has 0 spiro atoms. The smallest absolute Gasteiger partial charge is 0.303 e. The minimum absolute atomic E-state index is 0.205. The van der Waals surface area contributed by atoms with Gasteiger partial charge in [0.25, 0.3) is 0 Å². The summed E-state index contributed by atoms with van der Waals surface area (Å²) in [6.07, 6.45) is 13.9. The summed E-state index contributed by atoms with van der Waals surface area (Å²) in [5.74, 6) is -0.689. The molecule has 0 fully saturated rings. The second kappa shape index (κ2) is 17.5. The van der Waals surface area contributed by atoms with Crippen molar-refractivity contribution in [3.05, 3.63) is 35.9 Å². The number of hydrogen-bond donors (Lipinski definition) is 2. The van der Waals surface area contributed by atoms with Gasteiger partial charge in [0.05, 0.1) is 18.8 Å². The Bertz CT molecular complexity index is 503. The quantitative estimate of drug-likeness (QED) is 0.257. The highest BCUT2D eigenvalue weighted by Crippen LogP contribution is 2.18. The normalized spacial score (nSPS) is 13.3. The van der Waals surface area contributed by atoms with Crippen LogP contribution in [0.5, 0.6) is 0 Å². The molecule has 0 saturated carbocycles. The van der Waals surface area contributed by atoms with Crippen molar-refractivity contribution in [2.45, 2.75) is 116 Å². The number of unbranched alkanes of at least 4 members (excludes halogenated alkanes) is 7. The van der Waals surface area contributed by atoms with Gasteiger partial charge in [-0.15, -0.1) is 0 Å². The predicted molar refractivity (Wildman–Crippen MR) is 119 cm³/mol. The maximum Gasteiger partial charge on any atom is 0.303 e. The van der Waals surface area contributed by atoms with Crippen LogP contribution in [0.15, 0.2) is 30.3 Å². The Morgan fingerprint density at radius 3 is 2.17 bits per heavy atom. The number of rotatable bonds is 19. The number of aliphatic hydroxyl groups excluding tert-OH is 1. The Labute approximate surface area is 177 Å². The Morgan fingerprint density at radius 1 is 0.862 bits per heavy atom. The summed E-state index contributed by atoms with van der Waals surface area (Å²) in [7, 11) is 0. The maximum absolute atomic E-state index is 10.5. The van der Waals surface area contributed by atoms with Gasteiger partial charge in [0, 0.05) is 6.42 Å². The first-order valence-electron chi connectivity index (χ1n) is 11.7. The third-order valence-electron chi connectivity index (χ3n) is 5.46. The molecule has 2 atom stereocenters. The minimum Gasteiger partial charge on any atom is -0.481 e. The number of carboxylic acids is 1. The molecule has 29 heavy (non-hydrogen) atoms. The van der Waals surface area contributed by atoms with Gasteiger partial charge in [-0.3, -0.25) is 4.79 Å². The van der Waals surface area contributed by atoms with E-state index >= 15 is 0 Å². The van der Waals surface area contributed by atoms with E-state index in [1.54, 1.807) is 0 Å². The SMILES string of the molecule is CCCCC(O)CCC(CCCCCCCCCC(=O)O)OCc1ccccc1. The lowest BCUT2D eigenvalue weighted by Crippen LogP contribution is -2.17. The maximum atomic E-state index is 10.5. The molecule has 1 aromatic rings. The molecule has 4 nitrogen and oxygen atoms in total. The van der Waals surface area contributed by atoms with Crippen LogP contribution in [0, 0.1) is 0 Å². The summed E-state index contributed by atoms with van der Waals surface area (Å²) in [6, 6.07) is 10.3. The second-order valence-electron chi connectivity index (χ2n) is 8.20. The highest BCUT2D eigenvalue weighted by atomic mass is 16.5. The van der Waals surface area contributed by atoms with E-state index in [9.17, 15) is 9.90 Å². The molecule has 0 aliphatic carbocycles. The van der Waals surface area contributed by atoms with Crippen molar-refractivity contribution in [3.8, 4) is 0 Å². The first-order valence-corrected chi connectivity index (χ1v) is 11.7. The van der Waals surface area contributed by atoms with E-state index in [0.29, 0.717) is 13.0 Å². The van der Waals surface area contributed by atoms with Gasteiger partial charge >= 0.3 is 5.97 Å². The van der Waals surface area contributed by atoms with Gasteiger partial charge in [0.1, 0.15) is 0 Å². The first-order chi connectivity index (χ1) is 14.1. The van der Waals surface area contributed by atoms with E-state index in [1.807, 2.05) is 18.2 Å². The summed E-state index contributed by atoms with van der Waals surface area (Å²) in [5.41, 5.74) is 1.20. The number of aliphatic carboxylic acids is 1. The molecule has 0 radical (unpaired) electrons. The summed E-state index contributed by atoms with van der Waals surface area (Å²) in [5, 5.41) is 18.8. The third kappa shape index (κ3) is 15.2. The molecule has 4 heteroatoms. The van der Waals surface area contributed by atoms with Crippen LogP contribution < -0.4 is 0 Å². The van der Waals surface area contributed by atoms with Crippen molar-refractivity contribution in [3.63, 3.8) is 0 Å². The van der Waals surface area contributed by atoms with Crippen molar-refractivity contribution >= 4 is 5.97 Å².